The number of hydrogen-bond donors (Lipinski definition) is 1. The lowest BCUT2D eigenvalue weighted by atomic mass is 9.86. The van der Waals surface area contributed by atoms with E-state index in [1.807, 2.05) is 37.3 Å². The number of unbranched alkanes of at least 4 members (excludes halogenated alkanes) is 4. The largest absolute Gasteiger partial charge is 0.388 e. The molecule has 0 amide bonds. The molecule has 1 rings (SSSR count). The molecule has 0 aliphatic carbocycles. The van der Waals surface area contributed by atoms with Gasteiger partial charge in [0.05, 0.1) is 6.10 Å². The van der Waals surface area contributed by atoms with Crippen molar-refractivity contribution in [2.24, 2.45) is 5.92 Å². The van der Waals surface area contributed by atoms with Crippen molar-refractivity contribution >= 4 is 0 Å². The van der Waals surface area contributed by atoms with Gasteiger partial charge >= 0.3 is 0 Å². The molecule has 0 fully saturated rings. The third kappa shape index (κ3) is 5.61. The van der Waals surface area contributed by atoms with E-state index in [1.54, 1.807) is 0 Å². The molecule has 106 valence electrons. The summed E-state index contributed by atoms with van der Waals surface area (Å²) in [6, 6.07) is 9.94. The van der Waals surface area contributed by atoms with Crippen molar-refractivity contribution in [2.75, 3.05) is 0 Å². The first-order chi connectivity index (χ1) is 9.16. The second kappa shape index (κ2) is 8.92. The van der Waals surface area contributed by atoms with Crippen molar-refractivity contribution in [1.82, 2.24) is 0 Å². The zero-order valence-corrected chi connectivity index (χ0v) is 12.4. The van der Waals surface area contributed by atoms with Gasteiger partial charge in [0.25, 0.3) is 0 Å². The van der Waals surface area contributed by atoms with Crippen LogP contribution in [0.4, 0.5) is 0 Å². The zero-order valence-electron chi connectivity index (χ0n) is 12.4. The highest BCUT2D eigenvalue weighted by Crippen LogP contribution is 2.31. The fourth-order valence-corrected chi connectivity index (χ4v) is 2.52. The van der Waals surface area contributed by atoms with Crippen LogP contribution in [0.1, 0.15) is 64.0 Å². The highest BCUT2D eigenvalue weighted by molar-refractivity contribution is 5.20. The lowest BCUT2D eigenvalue weighted by Crippen LogP contribution is -2.13. The van der Waals surface area contributed by atoms with E-state index in [4.69, 9.17) is 0 Å². The van der Waals surface area contributed by atoms with Crippen LogP contribution in [0.3, 0.4) is 0 Å². The second-order valence-corrected chi connectivity index (χ2v) is 5.51. The zero-order chi connectivity index (χ0) is 14.1. The summed E-state index contributed by atoms with van der Waals surface area (Å²) in [6.07, 6.45) is 6.97. The molecule has 19 heavy (non-hydrogen) atoms. The molecule has 0 bridgehead atoms. The number of hydrogen-bond acceptors (Lipinski definition) is 1. The Balaban J connectivity index is 2.50. The maximum Gasteiger partial charge on any atom is 0.0855 e. The van der Waals surface area contributed by atoms with Crippen molar-refractivity contribution < 1.29 is 5.11 Å². The van der Waals surface area contributed by atoms with E-state index in [0.717, 1.165) is 17.6 Å². The molecule has 1 aromatic carbocycles. The van der Waals surface area contributed by atoms with Gasteiger partial charge < -0.3 is 5.11 Å². The lowest BCUT2D eigenvalue weighted by Gasteiger charge is -2.23. The molecular formula is C18H28O. The maximum absolute atomic E-state index is 10.5. The van der Waals surface area contributed by atoms with Crippen LogP contribution in [0, 0.1) is 5.92 Å². The molecule has 0 aromatic heterocycles. The molecule has 1 aromatic rings. The molecule has 0 aliphatic heterocycles. The van der Waals surface area contributed by atoms with Crippen molar-refractivity contribution in [3.63, 3.8) is 0 Å². The van der Waals surface area contributed by atoms with Gasteiger partial charge in [-0.1, -0.05) is 81.5 Å². The van der Waals surface area contributed by atoms with Crippen molar-refractivity contribution in [3.05, 3.63) is 48.0 Å². The van der Waals surface area contributed by atoms with Gasteiger partial charge in [-0.2, -0.15) is 0 Å². The lowest BCUT2D eigenvalue weighted by molar-refractivity contribution is 0.120. The number of rotatable bonds is 9. The molecular weight excluding hydrogens is 232 g/mol. The van der Waals surface area contributed by atoms with Gasteiger partial charge in [0.2, 0.25) is 0 Å². The molecule has 1 nitrogen and oxygen atoms in total. The van der Waals surface area contributed by atoms with E-state index < -0.39 is 6.10 Å². The standard InChI is InChI=1S/C18H28O/c1-4-5-6-7-11-14-17(15(2)3)18(19)16-12-9-8-10-13-16/h8-10,12-13,17-19H,2,4-7,11,14H2,1,3H3. The average Bonchev–Trinajstić information content (AvgIpc) is 2.43. The Kier molecular flexibility index (Phi) is 7.50. The van der Waals surface area contributed by atoms with Crippen molar-refractivity contribution in [1.29, 1.82) is 0 Å². The molecule has 2 unspecified atom stereocenters. The second-order valence-electron chi connectivity index (χ2n) is 5.51. The first-order valence-corrected chi connectivity index (χ1v) is 7.55. The first-order valence-electron chi connectivity index (χ1n) is 7.55. The molecule has 2 atom stereocenters. The predicted molar refractivity (Wildman–Crippen MR) is 83.1 cm³/mol. The molecule has 0 spiro atoms. The van der Waals surface area contributed by atoms with Crippen LogP contribution in [0.15, 0.2) is 42.5 Å². The fraction of sp³-hybridized carbons (Fsp3) is 0.556. The van der Waals surface area contributed by atoms with Crippen molar-refractivity contribution in [3.8, 4) is 0 Å². The Morgan fingerprint density at radius 3 is 2.32 bits per heavy atom. The monoisotopic (exact) mass is 260 g/mol. The first kappa shape index (κ1) is 16.0. The van der Waals surface area contributed by atoms with E-state index >= 15 is 0 Å². The van der Waals surface area contributed by atoms with Gasteiger partial charge in [-0.25, -0.2) is 0 Å². The minimum absolute atomic E-state index is 0.184. The molecule has 0 aliphatic rings. The minimum atomic E-state index is -0.412. The average molecular weight is 260 g/mol. The van der Waals surface area contributed by atoms with Gasteiger partial charge in [0.1, 0.15) is 0 Å². The van der Waals surface area contributed by atoms with E-state index in [0.29, 0.717) is 0 Å². The Labute approximate surface area is 118 Å². The Morgan fingerprint density at radius 1 is 1.11 bits per heavy atom. The van der Waals surface area contributed by atoms with Crippen LogP contribution in [0.2, 0.25) is 0 Å². The molecule has 0 radical (unpaired) electrons. The SMILES string of the molecule is C=C(C)C(CCCCCCC)C(O)c1ccccc1. The van der Waals surface area contributed by atoms with E-state index in [-0.39, 0.29) is 5.92 Å². The van der Waals surface area contributed by atoms with Crippen molar-refractivity contribution in [2.45, 2.75) is 58.5 Å². The Hall–Kier alpha value is -1.08. The molecule has 0 saturated heterocycles. The summed E-state index contributed by atoms with van der Waals surface area (Å²) in [4.78, 5) is 0. The Morgan fingerprint density at radius 2 is 1.74 bits per heavy atom. The highest BCUT2D eigenvalue weighted by atomic mass is 16.3. The van der Waals surface area contributed by atoms with Gasteiger partial charge in [0.15, 0.2) is 0 Å². The molecule has 0 saturated carbocycles. The van der Waals surface area contributed by atoms with Crippen LogP contribution in [0.5, 0.6) is 0 Å². The third-order valence-corrected chi connectivity index (χ3v) is 3.77. The van der Waals surface area contributed by atoms with Gasteiger partial charge in [0, 0.05) is 5.92 Å². The van der Waals surface area contributed by atoms with E-state index in [1.165, 1.54) is 32.1 Å². The summed E-state index contributed by atoms with van der Waals surface area (Å²) in [5.74, 6) is 0.184. The summed E-state index contributed by atoms with van der Waals surface area (Å²) >= 11 is 0. The van der Waals surface area contributed by atoms with Gasteiger partial charge in [-0.15, -0.1) is 0 Å². The quantitative estimate of drug-likeness (QED) is 0.473. The summed E-state index contributed by atoms with van der Waals surface area (Å²) < 4.78 is 0. The summed E-state index contributed by atoms with van der Waals surface area (Å²) in [7, 11) is 0. The van der Waals surface area contributed by atoms with E-state index in [9.17, 15) is 5.11 Å². The van der Waals surface area contributed by atoms with Gasteiger partial charge in [-0.3, -0.25) is 0 Å². The number of benzene rings is 1. The van der Waals surface area contributed by atoms with Crippen LogP contribution < -0.4 is 0 Å². The van der Waals surface area contributed by atoms with E-state index in [2.05, 4.69) is 13.5 Å². The van der Waals surface area contributed by atoms with Crippen LogP contribution in [-0.4, -0.2) is 5.11 Å². The van der Waals surface area contributed by atoms with Crippen LogP contribution in [0.25, 0.3) is 0 Å². The molecule has 0 heterocycles. The predicted octanol–water partition coefficient (Wildman–Crippen LogP) is 5.27. The maximum atomic E-state index is 10.5. The highest BCUT2D eigenvalue weighted by Gasteiger charge is 2.20. The normalized spacial score (nSPS) is 14.1. The van der Waals surface area contributed by atoms with Gasteiger partial charge in [-0.05, 0) is 18.9 Å². The van der Waals surface area contributed by atoms with Crippen LogP contribution >= 0.6 is 0 Å². The summed E-state index contributed by atoms with van der Waals surface area (Å²) in [5.41, 5.74) is 2.09. The molecule has 1 heteroatoms. The third-order valence-electron chi connectivity index (χ3n) is 3.77. The smallest absolute Gasteiger partial charge is 0.0855 e. The summed E-state index contributed by atoms with van der Waals surface area (Å²) in [5, 5.41) is 10.5. The minimum Gasteiger partial charge on any atom is -0.388 e. The Bertz CT molecular complexity index is 355. The fourth-order valence-electron chi connectivity index (χ4n) is 2.52. The topological polar surface area (TPSA) is 20.2 Å². The number of aliphatic hydroxyl groups excluding tert-OH is 1. The summed E-state index contributed by atoms with van der Waals surface area (Å²) in [6.45, 7) is 8.32. The van der Waals surface area contributed by atoms with Crippen LogP contribution in [-0.2, 0) is 0 Å². The molecule has 1 N–H and O–H groups in total. The number of aliphatic hydroxyl groups is 1.